The zero-order valence-electron chi connectivity index (χ0n) is 19.1. The summed E-state index contributed by atoms with van der Waals surface area (Å²) in [5.74, 6) is 1.86. The van der Waals surface area contributed by atoms with Crippen molar-refractivity contribution >= 4 is 5.91 Å². The molecule has 176 valence electrons. The molecule has 1 atom stereocenters. The summed E-state index contributed by atoms with van der Waals surface area (Å²) in [7, 11) is 0. The second-order valence-electron chi connectivity index (χ2n) is 9.57. The van der Waals surface area contributed by atoms with E-state index >= 15 is 0 Å². The van der Waals surface area contributed by atoms with Gasteiger partial charge in [-0.05, 0) is 55.4 Å². The Hall–Kier alpha value is -2.64. The van der Waals surface area contributed by atoms with E-state index in [1.807, 2.05) is 6.07 Å². The molecule has 0 aliphatic carbocycles. The minimum Gasteiger partial charge on any atom is -0.454 e. The van der Waals surface area contributed by atoms with Gasteiger partial charge in [0.2, 0.25) is 12.7 Å². The highest BCUT2D eigenvalue weighted by atomic mass is 19.1. The molecule has 0 unspecified atom stereocenters. The number of rotatable bonds is 7. The van der Waals surface area contributed by atoms with Crippen molar-refractivity contribution < 1.29 is 23.5 Å². The summed E-state index contributed by atoms with van der Waals surface area (Å²) < 4.78 is 24.9. The van der Waals surface area contributed by atoms with Crippen LogP contribution in [0.2, 0.25) is 0 Å². The summed E-state index contributed by atoms with van der Waals surface area (Å²) in [6.07, 6.45) is 4.05. The largest absolute Gasteiger partial charge is 0.454 e. The van der Waals surface area contributed by atoms with Crippen LogP contribution in [0, 0.1) is 11.7 Å². The number of hydrogen-bond acceptors (Lipinski definition) is 5. The van der Waals surface area contributed by atoms with Crippen LogP contribution in [-0.4, -0.2) is 47.8 Å². The van der Waals surface area contributed by atoms with Crippen molar-refractivity contribution in [3.63, 3.8) is 0 Å². The molecule has 0 radical (unpaired) electrons. The van der Waals surface area contributed by atoms with Crippen LogP contribution < -0.4 is 9.47 Å². The van der Waals surface area contributed by atoms with Crippen LogP contribution in [0.25, 0.3) is 0 Å². The molecule has 0 N–H and O–H groups in total. The Morgan fingerprint density at radius 2 is 1.88 bits per heavy atom. The Morgan fingerprint density at radius 3 is 2.70 bits per heavy atom. The number of hydroxylamine groups is 2. The van der Waals surface area contributed by atoms with Crippen LogP contribution in [0.15, 0.2) is 42.5 Å². The van der Waals surface area contributed by atoms with Gasteiger partial charge in [0.05, 0.1) is 5.54 Å². The van der Waals surface area contributed by atoms with Crippen molar-refractivity contribution in [2.24, 2.45) is 5.92 Å². The summed E-state index contributed by atoms with van der Waals surface area (Å²) in [5, 5.41) is 1.58. The number of carbonyl (C=O) groups excluding carboxylic acids is 1. The lowest BCUT2D eigenvalue weighted by atomic mass is 9.85. The minimum absolute atomic E-state index is 0.0102. The van der Waals surface area contributed by atoms with Crippen molar-refractivity contribution in [1.29, 1.82) is 0 Å². The van der Waals surface area contributed by atoms with E-state index in [0.717, 1.165) is 56.8 Å². The molecular formula is C26H31FN2O4. The second kappa shape index (κ2) is 9.31. The second-order valence-corrected chi connectivity index (χ2v) is 9.57. The smallest absolute Gasteiger partial charge is 0.246 e. The molecule has 3 heterocycles. The summed E-state index contributed by atoms with van der Waals surface area (Å²) in [4.78, 5) is 21.0. The van der Waals surface area contributed by atoms with Gasteiger partial charge < -0.3 is 14.4 Å². The fourth-order valence-corrected chi connectivity index (χ4v) is 5.35. The molecule has 2 saturated heterocycles. The summed E-state index contributed by atoms with van der Waals surface area (Å²) in [6.45, 7) is 5.52. The van der Waals surface area contributed by atoms with Gasteiger partial charge in [-0.2, -0.15) is 0 Å². The predicted octanol–water partition coefficient (Wildman–Crippen LogP) is 4.32. The molecule has 2 fully saturated rings. The summed E-state index contributed by atoms with van der Waals surface area (Å²) in [5.41, 5.74) is 1.47. The van der Waals surface area contributed by atoms with Gasteiger partial charge in [-0.3, -0.25) is 9.63 Å². The third-order valence-electron chi connectivity index (χ3n) is 7.15. The van der Waals surface area contributed by atoms with Crippen LogP contribution >= 0.6 is 0 Å². The van der Waals surface area contributed by atoms with Crippen LogP contribution in [-0.2, 0) is 22.7 Å². The Kier molecular flexibility index (Phi) is 6.25. The number of fused-ring (bicyclic) bond motifs is 1. The topological polar surface area (TPSA) is 51.2 Å². The van der Waals surface area contributed by atoms with Crippen molar-refractivity contribution in [2.75, 3.05) is 26.4 Å². The number of hydrogen-bond donors (Lipinski definition) is 0. The molecular weight excluding hydrogens is 423 g/mol. The van der Waals surface area contributed by atoms with E-state index in [2.05, 4.69) is 24.0 Å². The van der Waals surface area contributed by atoms with Gasteiger partial charge in [-0.1, -0.05) is 31.2 Å². The lowest BCUT2D eigenvalue weighted by molar-refractivity contribution is -0.223. The first-order chi connectivity index (χ1) is 16.0. The number of ether oxygens (including phenoxy) is 2. The van der Waals surface area contributed by atoms with Gasteiger partial charge in [0.25, 0.3) is 0 Å². The molecule has 1 amide bonds. The number of piperidine rings is 1. The monoisotopic (exact) mass is 454 g/mol. The normalized spacial score (nSPS) is 20.5. The van der Waals surface area contributed by atoms with E-state index in [0.29, 0.717) is 24.7 Å². The Morgan fingerprint density at radius 1 is 1.09 bits per heavy atom. The number of halogens is 1. The summed E-state index contributed by atoms with van der Waals surface area (Å²) >= 11 is 0. The molecule has 33 heavy (non-hydrogen) atoms. The van der Waals surface area contributed by atoms with E-state index < -0.39 is 0 Å². The number of amides is 1. The molecule has 7 heteroatoms. The highest BCUT2D eigenvalue weighted by Crippen LogP contribution is 2.40. The van der Waals surface area contributed by atoms with Crippen molar-refractivity contribution in [3.8, 4) is 11.5 Å². The molecule has 1 spiro atoms. The Balaban J connectivity index is 1.14. The lowest BCUT2D eigenvalue weighted by Gasteiger charge is -2.44. The van der Waals surface area contributed by atoms with Gasteiger partial charge in [-0.25, -0.2) is 9.45 Å². The van der Waals surface area contributed by atoms with Crippen LogP contribution in [0.4, 0.5) is 4.39 Å². The standard InChI is InChI=1S/C26H31FN2O4/c1-19(14-20-6-7-23-24(15-20)32-18-31-23)16-28-12-10-26(11-13-28)9-8-25(30)29(26)33-17-21-4-2-3-5-22(21)27/h2-7,15,19H,8-14,16-18H2,1H3/t19-/m0/s1. The highest BCUT2D eigenvalue weighted by Gasteiger charge is 2.48. The van der Waals surface area contributed by atoms with Crippen molar-refractivity contribution in [2.45, 2.75) is 51.2 Å². The Labute approximate surface area is 194 Å². The fourth-order valence-electron chi connectivity index (χ4n) is 5.35. The SMILES string of the molecule is C[C@@H](Cc1ccc2c(c1)OCO2)CN1CCC2(CCC(=O)N2OCc2ccccc2F)CC1. The number of nitrogens with zero attached hydrogens (tertiary/aromatic N) is 2. The molecule has 0 saturated carbocycles. The van der Waals surface area contributed by atoms with Crippen LogP contribution in [0.1, 0.15) is 43.7 Å². The molecule has 0 bridgehead atoms. The van der Waals surface area contributed by atoms with Crippen molar-refractivity contribution in [1.82, 2.24) is 9.96 Å². The maximum absolute atomic E-state index is 14.0. The van der Waals surface area contributed by atoms with E-state index in [9.17, 15) is 9.18 Å². The third-order valence-corrected chi connectivity index (χ3v) is 7.15. The van der Waals surface area contributed by atoms with E-state index in [1.165, 1.54) is 11.6 Å². The maximum atomic E-state index is 14.0. The molecule has 5 rings (SSSR count). The quantitative estimate of drug-likeness (QED) is 0.624. The molecule has 3 aliphatic rings. The van der Waals surface area contributed by atoms with Gasteiger partial charge >= 0.3 is 0 Å². The van der Waals surface area contributed by atoms with E-state index in [4.69, 9.17) is 14.3 Å². The van der Waals surface area contributed by atoms with Gasteiger partial charge in [0.1, 0.15) is 12.4 Å². The number of likely N-dealkylation sites (tertiary alicyclic amines) is 1. The molecule has 6 nitrogen and oxygen atoms in total. The van der Waals surface area contributed by atoms with Gasteiger partial charge in [0.15, 0.2) is 11.5 Å². The van der Waals surface area contributed by atoms with E-state index in [1.54, 1.807) is 23.3 Å². The zero-order valence-corrected chi connectivity index (χ0v) is 19.1. The molecule has 2 aromatic rings. The van der Waals surface area contributed by atoms with Crippen LogP contribution in [0.5, 0.6) is 11.5 Å². The first kappa shape index (κ1) is 22.2. The minimum atomic E-state index is -0.301. The number of benzene rings is 2. The number of carbonyl (C=O) groups is 1. The fraction of sp³-hybridized carbons (Fsp3) is 0.500. The zero-order chi connectivity index (χ0) is 22.8. The first-order valence-corrected chi connectivity index (χ1v) is 11.8. The summed E-state index contributed by atoms with van der Waals surface area (Å²) in [6, 6.07) is 12.7. The van der Waals surface area contributed by atoms with Crippen LogP contribution in [0.3, 0.4) is 0 Å². The third kappa shape index (κ3) is 4.70. The molecule has 2 aromatic carbocycles. The maximum Gasteiger partial charge on any atom is 0.246 e. The lowest BCUT2D eigenvalue weighted by Crippen LogP contribution is -2.53. The average Bonchev–Trinajstić information content (AvgIpc) is 3.39. The molecule has 0 aromatic heterocycles. The van der Waals surface area contributed by atoms with Gasteiger partial charge in [-0.15, -0.1) is 0 Å². The first-order valence-electron chi connectivity index (χ1n) is 11.8. The highest BCUT2D eigenvalue weighted by molar-refractivity contribution is 5.78. The van der Waals surface area contributed by atoms with E-state index in [-0.39, 0.29) is 23.9 Å². The van der Waals surface area contributed by atoms with Gasteiger partial charge in [0, 0.05) is 31.6 Å². The predicted molar refractivity (Wildman–Crippen MR) is 121 cm³/mol. The average molecular weight is 455 g/mol. The molecule has 3 aliphatic heterocycles. The van der Waals surface area contributed by atoms with Crippen molar-refractivity contribution in [3.05, 3.63) is 59.4 Å². The Bertz CT molecular complexity index is 1010.